The number of benzene rings is 1. The van der Waals surface area contributed by atoms with E-state index in [1.165, 1.54) is 21.0 Å². The molecular weight excluding hydrogens is 419 g/mol. The average molecular weight is 444 g/mol. The molecule has 0 aliphatic heterocycles. The van der Waals surface area contributed by atoms with Gasteiger partial charge in [0.1, 0.15) is 0 Å². The van der Waals surface area contributed by atoms with Crippen LogP contribution >= 0.6 is 35.3 Å². The van der Waals surface area contributed by atoms with E-state index in [0.717, 1.165) is 31.2 Å². The molecule has 0 spiro atoms. The molecule has 126 valence electrons. The van der Waals surface area contributed by atoms with Gasteiger partial charge in [-0.25, -0.2) is 4.98 Å². The lowest BCUT2D eigenvalue weighted by Crippen LogP contribution is -2.37. The maximum Gasteiger partial charge on any atom is 0.191 e. The van der Waals surface area contributed by atoms with Crippen molar-refractivity contribution in [3.63, 3.8) is 0 Å². The second-order valence-corrected chi connectivity index (χ2v) is 6.63. The molecular formula is C17H25IN4S. The van der Waals surface area contributed by atoms with E-state index in [9.17, 15) is 0 Å². The van der Waals surface area contributed by atoms with Crippen LogP contribution in [-0.4, -0.2) is 24.5 Å². The Balaban J connectivity index is 0.00000264. The van der Waals surface area contributed by atoms with Crippen LogP contribution < -0.4 is 10.6 Å². The fourth-order valence-electron chi connectivity index (χ4n) is 2.05. The fourth-order valence-corrected chi connectivity index (χ4v) is 2.98. The molecule has 1 heterocycles. The molecule has 0 fully saturated rings. The van der Waals surface area contributed by atoms with Crippen molar-refractivity contribution in [3.05, 3.63) is 51.0 Å². The lowest BCUT2D eigenvalue weighted by atomic mass is 10.1. The highest BCUT2D eigenvalue weighted by atomic mass is 127. The molecule has 0 bridgehead atoms. The molecule has 2 rings (SSSR count). The minimum absolute atomic E-state index is 0. The molecule has 1 aromatic carbocycles. The predicted molar refractivity (Wildman–Crippen MR) is 110 cm³/mol. The molecule has 23 heavy (non-hydrogen) atoms. The third-order valence-corrected chi connectivity index (χ3v) is 4.64. The third kappa shape index (κ3) is 6.47. The van der Waals surface area contributed by atoms with Crippen molar-refractivity contribution >= 4 is 41.3 Å². The Hall–Kier alpha value is -1.15. The van der Waals surface area contributed by atoms with E-state index in [4.69, 9.17) is 0 Å². The van der Waals surface area contributed by atoms with Crippen LogP contribution in [0.5, 0.6) is 0 Å². The van der Waals surface area contributed by atoms with E-state index in [0.29, 0.717) is 0 Å². The summed E-state index contributed by atoms with van der Waals surface area (Å²) < 4.78 is 0. The molecule has 0 aliphatic carbocycles. The number of aryl methyl sites for hydroxylation is 3. The molecule has 0 amide bonds. The molecule has 2 N–H and O–H groups in total. The first-order valence-electron chi connectivity index (χ1n) is 7.51. The van der Waals surface area contributed by atoms with E-state index in [2.05, 4.69) is 65.6 Å². The van der Waals surface area contributed by atoms with Crippen molar-refractivity contribution in [2.75, 3.05) is 13.6 Å². The van der Waals surface area contributed by atoms with Crippen LogP contribution in [0.4, 0.5) is 0 Å². The van der Waals surface area contributed by atoms with Crippen LogP contribution in [0, 0.1) is 20.8 Å². The van der Waals surface area contributed by atoms with Gasteiger partial charge in [-0.2, -0.15) is 0 Å². The van der Waals surface area contributed by atoms with Gasteiger partial charge < -0.3 is 10.6 Å². The van der Waals surface area contributed by atoms with Gasteiger partial charge in [-0.15, -0.1) is 35.3 Å². The number of nitrogens with zero attached hydrogens (tertiary/aromatic N) is 2. The molecule has 0 saturated carbocycles. The minimum Gasteiger partial charge on any atom is -0.356 e. The smallest absolute Gasteiger partial charge is 0.191 e. The van der Waals surface area contributed by atoms with Crippen LogP contribution in [0.25, 0.3) is 0 Å². The summed E-state index contributed by atoms with van der Waals surface area (Å²) in [4.78, 5) is 10.1. The van der Waals surface area contributed by atoms with Gasteiger partial charge in [0.25, 0.3) is 0 Å². The highest BCUT2D eigenvalue weighted by Gasteiger charge is 2.04. The number of halogens is 1. The van der Waals surface area contributed by atoms with Crippen LogP contribution in [0.15, 0.2) is 29.3 Å². The van der Waals surface area contributed by atoms with Gasteiger partial charge in [-0.05, 0) is 26.3 Å². The SMILES string of the molecule is CN=C(NCCc1nc(C)c(C)s1)NCc1ccc(C)cc1.I. The first-order chi connectivity index (χ1) is 10.6. The number of nitrogens with one attached hydrogen (secondary N) is 2. The summed E-state index contributed by atoms with van der Waals surface area (Å²) in [7, 11) is 1.79. The van der Waals surface area contributed by atoms with Crippen molar-refractivity contribution in [2.24, 2.45) is 4.99 Å². The Morgan fingerprint density at radius 2 is 1.83 bits per heavy atom. The quantitative estimate of drug-likeness (QED) is 0.421. The number of aliphatic imine (C=N–C) groups is 1. The lowest BCUT2D eigenvalue weighted by molar-refractivity contribution is 0.791. The highest BCUT2D eigenvalue weighted by molar-refractivity contribution is 14.0. The van der Waals surface area contributed by atoms with E-state index in [-0.39, 0.29) is 24.0 Å². The molecule has 0 saturated heterocycles. The van der Waals surface area contributed by atoms with Crippen LogP contribution in [0.2, 0.25) is 0 Å². The summed E-state index contributed by atoms with van der Waals surface area (Å²) in [5, 5.41) is 7.84. The zero-order valence-corrected chi connectivity index (χ0v) is 17.3. The molecule has 1 aromatic heterocycles. The molecule has 4 nitrogen and oxygen atoms in total. The van der Waals surface area contributed by atoms with Gasteiger partial charge >= 0.3 is 0 Å². The number of hydrogen-bond donors (Lipinski definition) is 2. The summed E-state index contributed by atoms with van der Waals surface area (Å²) in [6.07, 6.45) is 0.921. The zero-order valence-electron chi connectivity index (χ0n) is 14.1. The van der Waals surface area contributed by atoms with E-state index in [1.54, 1.807) is 18.4 Å². The van der Waals surface area contributed by atoms with Crippen molar-refractivity contribution in [1.82, 2.24) is 15.6 Å². The fraction of sp³-hybridized carbons (Fsp3) is 0.412. The van der Waals surface area contributed by atoms with E-state index < -0.39 is 0 Å². The van der Waals surface area contributed by atoms with Crippen molar-refractivity contribution < 1.29 is 0 Å². The summed E-state index contributed by atoms with van der Waals surface area (Å²) in [6, 6.07) is 8.52. The molecule has 0 unspecified atom stereocenters. The Morgan fingerprint density at radius 1 is 1.13 bits per heavy atom. The second-order valence-electron chi connectivity index (χ2n) is 5.34. The first-order valence-corrected chi connectivity index (χ1v) is 8.33. The summed E-state index contributed by atoms with van der Waals surface area (Å²) in [5.41, 5.74) is 3.67. The van der Waals surface area contributed by atoms with E-state index in [1.807, 2.05) is 0 Å². The number of thiazole rings is 1. The molecule has 6 heteroatoms. The van der Waals surface area contributed by atoms with Crippen LogP contribution in [0.3, 0.4) is 0 Å². The van der Waals surface area contributed by atoms with Crippen LogP contribution in [-0.2, 0) is 13.0 Å². The van der Waals surface area contributed by atoms with Crippen molar-refractivity contribution in [2.45, 2.75) is 33.7 Å². The van der Waals surface area contributed by atoms with Gasteiger partial charge in [0.2, 0.25) is 0 Å². The topological polar surface area (TPSA) is 49.3 Å². The molecule has 0 atom stereocenters. The van der Waals surface area contributed by atoms with Gasteiger partial charge in [-0.3, -0.25) is 4.99 Å². The Bertz CT molecular complexity index is 615. The molecule has 2 aromatic rings. The monoisotopic (exact) mass is 444 g/mol. The van der Waals surface area contributed by atoms with Gasteiger partial charge in [0.05, 0.1) is 10.7 Å². The maximum absolute atomic E-state index is 4.55. The van der Waals surface area contributed by atoms with Gasteiger partial charge in [0.15, 0.2) is 5.96 Å². The summed E-state index contributed by atoms with van der Waals surface area (Å²) >= 11 is 1.77. The minimum atomic E-state index is 0. The lowest BCUT2D eigenvalue weighted by Gasteiger charge is -2.11. The Morgan fingerprint density at radius 3 is 2.39 bits per heavy atom. The summed E-state index contributed by atoms with van der Waals surface area (Å²) in [6.45, 7) is 7.88. The summed E-state index contributed by atoms with van der Waals surface area (Å²) in [5.74, 6) is 0.825. The van der Waals surface area contributed by atoms with Crippen molar-refractivity contribution in [1.29, 1.82) is 0 Å². The third-order valence-electron chi connectivity index (χ3n) is 3.51. The largest absolute Gasteiger partial charge is 0.356 e. The second kappa shape index (κ2) is 9.87. The predicted octanol–water partition coefficient (Wildman–Crippen LogP) is 3.59. The first kappa shape index (κ1) is 19.9. The van der Waals surface area contributed by atoms with Crippen LogP contribution in [0.1, 0.15) is 26.7 Å². The average Bonchev–Trinajstić information content (AvgIpc) is 2.83. The Kier molecular flexibility index (Phi) is 8.54. The number of rotatable bonds is 5. The van der Waals surface area contributed by atoms with E-state index >= 15 is 0 Å². The van der Waals surface area contributed by atoms with Gasteiger partial charge in [-0.1, -0.05) is 29.8 Å². The number of guanidine groups is 1. The standard InChI is InChI=1S/C17H24N4S.HI/c1-12-5-7-15(8-6-12)11-20-17(18-4)19-10-9-16-21-13(2)14(3)22-16;/h5-8H,9-11H2,1-4H3,(H2,18,19,20);1H. The number of aromatic nitrogens is 1. The normalized spacial score (nSPS) is 11.0. The number of hydrogen-bond acceptors (Lipinski definition) is 3. The molecule has 0 aliphatic rings. The highest BCUT2D eigenvalue weighted by Crippen LogP contribution is 2.16. The zero-order chi connectivity index (χ0) is 15.9. The molecule has 0 radical (unpaired) electrons. The maximum atomic E-state index is 4.55. The van der Waals surface area contributed by atoms with Crippen molar-refractivity contribution in [3.8, 4) is 0 Å². The van der Waals surface area contributed by atoms with Gasteiger partial charge in [0, 0.05) is 31.4 Å². The Labute approximate surface area is 159 Å².